The average molecular weight is 477 g/mol. The zero-order chi connectivity index (χ0) is 24.4. The maximum Gasteiger partial charge on any atom is 0.416 e. The minimum Gasteiger partial charge on any atom is -0.352 e. The number of hydrogen-bond acceptors (Lipinski definition) is 4. The third kappa shape index (κ3) is 5.03. The van der Waals surface area contributed by atoms with E-state index in [0.717, 1.165) is 34.2 Å². The van der Waals surface area contributed by atoms with E-state index in [-0.39, 0.29) is 5.69 Å². The Balaban J connectivity index is 1.20. The lowest BCUT2D eigenvalue weighted by Gasteiger charge is -2.35. The molecule has 6 nitrogen and oxygen atoms in total. The molecule has 4 aromatic rings. The summed E-state index contributed by atoms with van der Waals surface area (Å²) in [5.41, 5.74) is 1.07. The molecule has 2 amide bonds. The highest BCUT2D eigenvalue weighted by Gasteiger charge is 2.30. The number of alkyl halides is 3. The number of fused-ring (bicyclic) bond motifs is 1. The number of rotatable bonds is 3. The Kier molecular flexibility index (Phi) is 5.98. The summed E-state index contributed by atoms with van der Waals surface area (Å²) in [7, 11) is 0. The number of nitrogens with one attached hydrogen (secondary N) is 1. The molecule has 0 unspecified atom stereocenters. The molecule has 178 valence electrons. The van der Waals surface area contributed by atoms with Gasteiger partial charge in [-0.1, -0.05) is 42.5 Å². The lowest BCUT2D eigenvalue weighted by molar-refractivity contribution is -0.137. The van der Waals surface area contributed by atoms with Crippen molar-refractivity contribution in [1.29, 1.82) is 0 Å². The molecule has 0 aliphatic carbocycles. The van der Waals surface area contributed by atoms with Gasteiger partial charge in [0.1, 0.15) is 0 Å². The van der Waals surface area contributed by atoms with E-state index in [1.54, 1.807) is 4.90 Å². The second-order valence-corrected chi connectivity index (χ2v) is 8.32. The van der Waals surface area contributed by atoms with Gasteiger partial charge in [-0.05, 0) is 47.2 Å². The van der Waals surface area contributed by atoms with Crippen molar-refractivity contribution >= 4 is 28.3 Å². The SMILES string of the molecule is O=C(Nc1cccc(C(F)(F)F)c1)N1CCN(c2ccc(-c3ccc4ccccc4c3)nn2)CC1. The summed E-state index contributed by atoms with van der Waals surface area (Å²) < 4.78 is 38.7. The van der Waals surface area contributed by atoms with Crippen LogP contribution in [0.5, 0.6) is 0 Å². The molecular formula is C26H22F3N5O. The Morgan fingerprint density at radius 2 is 1.57 bits per heavy atom. The van der Waals surface area contributed by atoms with E-state index in [0.29, 0.717) is 32.0 Å². The van der Waals surface area contributed by atoms with Crippen LogP contribution in [-0.4, -0.2) is 47.3 Å². The zero-order valence-corrected chi connectivity index (χ0v) is 18.7. The van der Waals surface area contributed by atoms with Crippen LogP contribution in [-0.2, 0) is 6.18 Å². The Bertz CT molecular complexity index is 1350. The molecule has 3 aromatic carbocycles. The lowest BCUT2D eigenvalue weighted by atomic mass is 10.1. The molecule has 1 aliphatic rings. The number of aromatic nitrogens is 2. The lowest BCUT2D eigenvalue weighted by Crippen LogP contribution is -2.50. The number of benzene rings is 3. The number of carbonyl (C=O) groups is 1. The minimum atomic E-state index is -4.46. The van der Waals surface area contributed by atoms with Gasteiger partial charge in [-0.25, -0.2) is 4.79 Å². The van der Waals surface area contributed by atoms with Gasteiger partial charge in [0.15, 0.2) is 5.82 Å². The number of nitrogens with zero attached hydrogens (tertiary/aromatic N) is 4. The first-order valence-corrected chi connectivity index (χ1v) is 11.2. The third-order valence-electron chi connectivity index (χ3n) is 6.03. The van der Waals surface area contributed by atoms with E-state index in [1.807, 2.05) is 35.2 Å². The largest absolute Gasteiger partial charge is 0.416 e. The molecule has 0 radical (unpaired) electrons. The second-order valence-electron chi connectivity index (χ2n) is 8.32. The van der Waals surface area contributed by atoms with Gasteiger partial charge < -0.3 is 15.1 Å². The first-order chi connectivity index (χ1) is 16.9. The molecule has 35 heavy (non-hydrogen) atoms. The van der Waals surface area contributed by atoms with E-state index in [9.17, 15) is 18.0 Å². The smallest absolute Gasteiger partial charge is 0.352 e. The molecule has 1 N–H and O–H groups in total. The number of halogens is 3. The fourth-order valence-electron chi connectivity index (χ4n) is 4.11. The molecule has 1 aliphatic heterocycles. The van der Waals surface area contributed by atoms with Gasteiger partial charge in [-0.3, -0.25) is 0 Å². The van der Waals surface area contributed by atoms with Gasteiger partial charge >= 0.3 is 12.2 Å². The minimum absolute atomic E-state index is 0.113. The number of amides is 2. The summed E-state index contributed by atoms with van der Waals surface area (Å²) in [6.07, 6.45) is -4.46. The van der Waals surface area contributed by atoms with Gasteiger partial charge in [0.05, 0.1) is 11.3 Å². The molecule has 5 rings (SSSR count). The third-order valence-corrected chi connectivity index (χ3v) is 6.03. The van der Waals surface area contributed by atoms with Crippen molar-refractivity contribution < 1.29 is 18.0 Å². The van der Waals surface area contributed by atoms with Crippen LogP contribution in [0.1, 0.15) is 5.56 Å². The number of urea groups is 1. The molecule has 0 bridgehead atoms. The fraction of sp³-hybridized carbons (Fsp3) is 0.192. The van der Waals surface area contributed by atoms with Crippen LogP contribution < -0.4 is 10.2 Å². The summed E-state index contributed by atoms with van der Waals surface area (Å²) in [6, 6.07) is 22.3. The summed E-state index contributed by atoms with van der Waals surface area (Å²) in [4.78, 5) is 16.2. The van der Waals surface area contributed by atoms with Gasteiger partial charge in [-0.2, -0.15) is 13.2 Å². The molecule has 9 heteroatoms. The monoisotopic (exact) mass is 477 g/mol. The molecule has 1 saturated heterocycles. The first-order valence-electron chi connectivity index (χ1n) is 11.2. The topological polar surface area (TPSA) is 61.4 Å². The Morgan fingerprint density at radius 3 is 2.29 bits per heavy atom. The van der Waals surface area contributed by atoms with Crippen molar-refractivity contribution in [3.63, 3.8) is 0 Å². The van der Waals surface area contributed by atoms with Crippen LogP contribution in [0.25, 0.3) is 22.0 Å². The van der Waals surface area contributed by atoms with E-state index in [1.165, 1.54) is 12.1 Å². The first kappa shape index (κ1) is 22.6. The average Bonchev–Trinajstić information content (AvgIpc) is 2.88. The van der Waals surface area contributed by atoms with E-state index in [4.69, 9.17) is 0 Å². The maximum atomic E-state index is 12.9. The van der Waals surface area contributed by atoms with Crippen LogP contribution in [0, 0.1) is 0 Å². The standard InChI is InChI=1S/C26H22F3N5O/c27-26(28,29)21-6-3-7-22(17-21)30-25(35)34-14-12-33(13-15-34)24-11-10-23(31-32-24)20-9-8-18-4-1-2-5-19(18)16-20/h1-11,16-17H,12-15H2,(H,30,35). The molecule has 0 atom stereocenters. The fourth-order valence-corrected chi connectivity index (χ4v) is 4.11. The summed E-state index contributed by atoms with van der Waals surface area (Å²) in [5.74, 6) is 0.715. The van der Waals surface area contributed by atoms with Crippen LogP contribution >= 0.6 is 0 Å². The second kappa shape index (κ2) is 9.25. The molecular weight excluding hydrogens is 455 g/mol. The van der Waals surface area contributed by atoms with Crippen LogP contribution in [0.3, 0.4) is 0 Å². The van der Waals surface area contributed by atoms with Crippen molar-refractivity contribution in [3.05, 3.63) is 84.4 Å². The van der Waals surface area contributed by atoms with Gasteiger partial charge in [0.2, 0.25) is 0 Å². The van der Waals surface area contributed by atoms with Crippen molar-refractivity contribution in [2.45, 2.75) is 6.18 Å². The van der Waals surface area contributed by atoms with E-state index < -0.39 is 17.8 Å². The predicted molar refractivity (Wildman–Crippen MR) is 129 cm³/mol. The quantitative estimate of drug-likeness (QED) is 0.413. The van der Waals surface area contributed by atoms with Gasteiger partial charge in [0, 0.05) is 37.4 Å². The molecule has 1 fully saturated rings. The van der Waals surface area contributed by atoms with E-state index >= 15 is 0 Å². The number of carbonyl (C=O) groups excluding carboxylic acids is 1. The van der Waals surface area contributed by atoms with Crippen molar-refractivity contribution in [1.82, 2.24) is 15.1 Å². The number of piperazine rings is 1. The maximum absolute atomic E-state index is 12.9. The van der Waals surface area contributed by atoms with E-state index in [2.05, 4.69) is 39.8 Å². The normalized spacial score (nSPS) is 14.3. The Hall–Kier alpha value is -4.14. The highest BCUT2D eigenvalue weighted by atomic mass is 19.4. The van der Waals surface area contributed by atoms with Crippen molar-refractivity contribution in [2.24, 2.45) is 0 Å². The van der Waals surface area contributed by atoms with Gasteiger partial charge in [0.25, 0.3) is 0 Å². The van der Waals surface area contributed by atoms with Crippen LogP contribution in [0.2, 0.25) is 0 Å². The number of anilines is 2. The van der Waals surface area contributed by atoms with Crippen molar-refractivity contribution in [2.75, 3.05) is 36.4 Å². The summed E-state index contributed by atoms with van der Waals surface area (Å²) in [5, 5.41) is 13.6. The van der Waals surface area contributed by atoms with Crippen LogP contribution in [0.15, 0.2) is 78.9 Å². The van der Waals surface area contributed by atoms with Crippen molar-refractivity contribution in [3.8, 4) is 11.3 Å². The predicted octanol–water partition coefficient (Wildman–Crippen LogP) is 5.67. The number of hydrogen-bond donors (Lipinski definition) is 1. The molecule has 0 spiro atoms. The Labute approximate surface area is 200 Å². The highest BCUT2D eigenvalue weighted by Crippen LogP contribution is 2.31. The molecule has 1 aromatic heterocycles. The molecule has 0 saturated carbocycles. The van der Waals surface area contributed by atoms with Crippen LogP contribution in [0.4, 0.5) is 29.5 Å². The molecule has 2 heterocycles. The summed E-state index contributed by atoms with van der Waals surface area (Å²) in [6.45, 7) is 1.91. The highest BCUT2D eigenvalue weighted by molar-refractivity contribution is 5.89. The van der Waals surface area contributed by atoms with Gasteiger partial charge in [-0.15, -0.1) is 10.2 Å². The zero-order valence-electron chi connectivity index (χ0n) is 18.7. The Morgan fingerprint density at radius 1 is 0.800 bits per heavy atom. The summed E-state index contributed by atoms with van der Waals surface area (Å²) >= 11 is 0.